The van der Waals surface area contributed by atoms with Crippen LogP contribution in [-0.4, -0.2) is 24.5 Å². The Morgan fingerprint density at radius 2 is 1.89 bits per heavy atom. The Morgan fingerprint density at radius 1 is 1.26 bits per heavy atom. The first-order valence-corrected chi connectivity index (χ1v) is 7.15. The third-order valence-electron chi connectivity index (χ3n) is 3.21. The quantitative estimate of drug-likeness (QED) is 0.277. The highest BCUT2D eigenvalue weighted by Gasteiger charge is 2.12. The van der Waals surface area contributed by atoms with Gasteiger partial charge in [-0.25, -0.2) is 4.99 Å². The number of aliphatic imine (C=N–C) groups is 1. The minimum Gasteiger partial charge on any atom is -0.370 e. The molecule has 0 aliphatic heterocycles. The van der Waals surface area contributed by atoms with E-state index in [1.165, 1.54) is 25.7 Å². The molecule has 0 aromatic rings. The molecule has 5 N–H and O–H groups in total. The molecule has 1 rings (SSSR count). The van der Waals surface area contributed by atoms with Gasteiger partial charge in [-0.2, -0.15) is 0 Å². The first-order chi connectivity index (χ1) is 8.72. The first-order valence-electron chi connectivity index (χ1n) is 7.15. The maximum absolute atomic E-state index is 7.31. The Kier molecular flexibility index (Phi) is 10.4. The van der Waals surface area contributed by atoms with Crippen molar-refractivity contribution in [3.05, 3.63) is 0 Å². The fourth-order valence-corrected chi connectivity index (χ4v) is 2.20. The summed E-state index contributed by atoms with van der Waals surface area (Å²) in [4.78, 5) is 4.68. The molecule has 19 heavy (non-hydrogen) atoms. The molecule has 0 radical (unpaired) electrons. The van der Waals surface area contributed by atoms with Gasteiger partial charge in [-0.3, -0.25) is 10.7 Å². The zero-order valence-electron chi connectivity index (χ0n) is 11.9. The lowest BCUT2D eigenvalue weighted by molar-refractivity contribution is 0.579. The zero-order valence-corrected chi connectivity index (χ0v) is 12.7. The average molecular weight is 290 g/mol. The summed E-state index contributed by atoms with van der Waals surface area (Å²) in [5, 5.41) is 13.4. The predicted molar refractivity (Wildman–Crippen MR) is 84.1 cm³/mol. The lowest BCUT2D eigenvalue weighted by Crippen LogP contribution is -2.45. The van der Waals surface area contributed by atoms with Gasteiger partial charge in [-0.15, -0.1) is 12.4 Å². The van der Waals surface area contributed by atoms with E-state index in [9.17, 15) is 0 Å². The number of nitrogens with two attached hydrogens (primary N) is 1. The molecule has 0 atom stereocenters. The van der Waals surface area contributed by atoms with Gasteiger partial charge in [0.1, 0.15) is 0 Å². The summed E-state index contributed by atoms with van der Waals surface area (Å²) >= 11 is 0. The van der Waals surface area contributed by atoms with E-state index in [-0.39, 0.29) is 18.4 Å². The van der Waals surface area contributed by atoms with E-state index in [0.29, 0.717) is 12.0 Å². The smallest absolute Gasteiger partial charge is 0.198 e. The summed E-state index contributed by atoms with van der Waals surface area (Å²) in [6, 6.07) is 0.378. The van der Waals surface area contributed by atoms with E-state index in [0.717, 1.165) is 32.2 Å². The van der Waals surface area contributed by atoms with Crippen LogP contribution < -0.4 is 16.4 Å². The van der Waals surface area contributed by atoms with Crippen molar-refractivity contribution >= 4 is 24.3 Å². The van der Waals surface area contributed by atoms with Crippen molar-refractivity contribution in [2.24, 2.45) is 10.7 Å². The Morgan fingerprint density at radius 3 is 2.42 bits per heavy atom. The van der Waals surface area contributed by atoms with Gasteiger partial charge in [-0.05, 0) is 19.3 Å². The van der Waals surface area contributed by atoms with Gasteiger partial charge in [0.25, 0.3) is 0 Å². The Balaban J connectivity index is 0.00000324. The Bertz CT molecular complexity index is 272. The van der Waals surface area contributed by atoms with Crippen molar-refractivity contribution in [2.75, 3.05) is 6.54 Å². The molecule has 1 aliphatic carbocycles. The summed E-state index contributed by atoms with van der Waals surface area (Å²) in [7, 11) is 0. The van der Waals surface area contributed by atoms with Crippen LogP contribution in [0.5, 0.6) is 0 Å². The number of unbranched alkanes of at least 4 members (excludes halogenated alkanes) is 1. The molecule has 1 fully saturated rings. The van der Waals surface area contributed by atoms with Crippen LogP contribution in [-0.2, 0) is 0 Å². The van der Waals surface area contributed by atoms with E-state index < -0.39 is 0 Å². The molecule has 1 aliphatic rings. The molecule has 0 spiro atoms. The number of rotatable bonds is 4. The van der Waals surface area contributed by atoms with Crippen LogP contribution in [0.1, 0.15) is 58.3 Å². The lowest BCUT2D eigenvalue weighted by atomic mass is 10.1. The summed E-state index contributed by atoms with van der Waals surface area (Å²) in [6.45, 7) is 3.03. The van der Waals surface area contributed by atoms with Crippen molar-refractivity contribution in [3.8, 4) is 0 Å². The highest BCUT2D eigenvalue weighted by atomic mass is 35.5. The van der Waals surface area contributed by atoms with Crippen molar-refractivity contribution in [2.45, 2.75) is 64.3 Å². The van der Waals surface area contributed by atoms with Crippen molar-refractivity contribution < 1.29 is 0 Å². The van der Waals surface area contributed by atoms with Gasteiger partial charge in [0.2, 0.25) is 0 Å². The monoisotopic (exact) mass is 289 g/mol. The highest BCUT2D eigenvalue weighted by Crippen LogP contribution is 2.19. The van der Waals surface area contributed by atoms with E-state index >= 15 is 0 Å². The molecular formula is C13H28ClN5. The van der Waals surface area contributed by atoms with Crippen LogP contribution in [0.25, 0.3) is 0 Å². The number of halogens is 1. The second-order valence-electron chi connectivity index (χ2n) is 4.94. The van der Waals surface area contributed by atoms with E-state index in [1.807, 2.05) is 0 Å². The standard InChI is InChI=1S/C13H27N5.ClH/c1-2-3-10-16-13(18-12(14)15)17-11-8-6-4-5-7-9-11;/h11H,2-10H2,1H3,(H5,14,15,16,17,18);1H. The first kappa shape index (κ1) is 18.0. The zero-order chi connectivity index (χ0) is 13.2. The second-order valence-corrected chi connectivity index (χ2v) is 4.94. The van der Waals surface area contributed by atoms with E-state index in [1.54, 1.807) is 0 Å². The summed E-state index contributed by atoms with van der Waals surface area (Å²) in [5.41, 5.74) is 5.38. The minimum atomic E-state index is -0.0497. The number of hydrogen-bond acceptors (Lipinski definition) is 2. The fourth-order valence-electron chi connectivity index (χ4n) is 2.20. The maximum atomic E-state index is 7.31. The molecule has 0 amide bonds. The molecule has 0 bridgehead atoms. The van der Waals surface area contributed by atoms with Gasteiger partial charge >= 0.3 is 0 Å². The molecule has 0 saturated heterocycles. The van der Waals surface area contributed by atoms with Crippen LogP contribution in [0.15, 0.2) is 4.99 Å². The van der Waals surface area contributed by atoms with E-state index in [2.05, 4.69) is 22.5 Å². The van der Waals surface area contributed by atoms with Crippen molar-refractivity contribution in [1.29, 1.82) is 5.41 Å². The van der Waals surface area contributed by atoms with Crippen LogP contribution in [0.3, 0.4) is 0 Å². The largest absolute Gasteiger partial charge is 0.370 e. The molecule has 112 valence electrons. The number of hydrogen-bond donors (Lipinski definition) is 4. The van der Waals surface area contributed by atoms with Crippen LogP contribution in [0.4, 0.5) is 0 Å². The fraction of sp³-hybridized carbons (Fsp3) is 0.846. The second kappa shape index (κ2) is 10.9. The van der Waals surface area contributed by atoms with Crippen LogP contribution in [0.2, 0.25) is 0 Å². The molecule has 0 heterocycles. The molecule has 0 unspecified atom stereocenters. The van der Waals surface area contributed by atoms with Crippen molar-refractivity contribution in [3.63, 3.8) is 0 Å². The number of nitrogens with one attached hydrogen (secondary N) is 3. The molecular weight excluding hydrogens is 262 g/mol. The van der Waals surface area contributed by atoms with Gasteiger partial charge in [0.15, 0.2) is 11.9 Å². The third kappa shape index (κ3) is 8.70. The minimum absolute atomic E-state index is 0. The summed E-state index contributed by atoms with van der Waals surface area (Å²) in [6.07, 6.45) is 9.71. The van der Waals surface area contributed by atoms with Gasteiger partial charge in [0.05, 0.1) is 6.04 Å². The Labute approximate surface area is 122 Å². The molecule has 1 saturated carbocycles. The Hall–Kier alpha value is -0.970. The third-order valence-corrected chi connectivity index (χ3v) is 3.21. The van der Waals surface area contributed by atoms with Crippen molar-refractivity contribution in [1.82, 2.24) is 10.6 Å². The summed E-state index contributed by atoms with van der Waals surface area (Å²) in [5.74, 6) is 0.620. The number of guanidine groups is 2. The molecule has 5 nitrogen and oxygen atoms in total. The average Bonchev–Trinajstić information content (AvgIpc) is 2.57. The SMILES string of the molecule is CCCCNC(=NC1CCCCCC1)NC(=N)N.Cl. The van der Waals surface area contributed by atoms with Crippen LogP contribution in [0, 0.1) is 5.41 Å². The molecule has 0 aromatic heterocycles. The highest BCUT2D eigenvalue weighted by molar-refractivity contribution is 5.96. The van der Waals surface area contributed by atoms with Gasteiger partial charge < -0.3 is 11.1 Å². The van der Waals surface area contributed by atoms with E-state index in [4.69, 9.17) is 11.1 Å². The summed E-state index contributed by atoms with van der Waals surface area (Å²) < 4.78 is 0. The van der Waals surface area contributed by atoms with Gasteiger partial charge in [-0.1, -0.05) is 39.0 Å². The van der Waals surface area contributed by atoms with Gasteiger partial charge in [0, 0.05) is 6.54 Å². The lowest BCUT2D eigenvalue weighted by Gasteiger charge is -2.15. The number of nitrogens with zero attached hydrogens (tertiary/aromatic N) is 1. The maximum Gasteiger partial charge on any atom is 0.198 e. The van der Waals surface area contributed by atoms with Crippen LogP contribution >= 0.6 is 12.4 Å². The predicted octanol–water partition coefficient (Wildman–Crippen LogP) is 2.36. The normalized spacial score (nSPS) is 17.2. The molecule has 0 aromatic carbocycles. The topological polar surface area (TPSA) is 86.3 Å². The molecule has 6 heteroatoms.